The van der Waals surface area contributed by atoms with Gasteiger partial charge in [0.2, 0.25) is 0 Å². The number of amides is 1. The highest BCUT2D eigenvalue weighted by molar-refractivity contribution is 6.76. The van der Waals surface area contributed by atoms with Gasteiger partial charge >= 0.3 is 6.09 Å². The van der Waals surface area contributed by atoms with Crippen LogP contribution in [0.4, 0.5) is 4.79 Å². The van der Waals surface area contributed by atoms with Crippen molar-refractivity contribution in [1.29, 1.82) is 0 Å². The van der Waals surface area contributed by atoms with Crippen LogP contribution < -0.4 is 5.32 Å². The molecule has 0 atom stereocenters. The Hall–Kier alpha value is -0.513. The average Bonchev–Trinajstić information content (AvgIpc) is 1.85. The van der Waals surface area contributed by atoms with Crippen molar-refractivity contribution in [3.63, 3.8) is 0 Å². The molecule has 0 saturated heterocycles. The van der Waals surface area contributed by atoms with Crippen molar-refractivity contribution < 1.29 is 9.53 Å². The van der Waals surface area contributed by atoms with Gasteiger partial charge in [0.25, 0.3) is 0 Å². The van der Waals surface area contributed by atoms with Crippen LogP contribution in [0.5, 0.6) is 0 Å². The Balaban J connectivity index is 3.35. The second-order valence-electron chi connectivity index (χ2n) is 3.70. The van der Waals surface area contributed by atoms with E-state index in [-0.39, 0.29) is 6.09 Å². The maximum Gasteiger partial charge on any atom is 0.406 e. The molecule has 0 spiro atoms. The summed E-state index contributed by atoms with van der Waals surface area (Å²) in [6, 6.07) is 1.03. The Kier molecular flexibility index (Phi) is 4.18. The zero-order chi connectivity index (χ0) is 8.91. The molecule has 4 heteroatoms. The summed E-state index contributed by atoms with van der Waals surface area (Å²) in [5, 5.41) is 2.41. The Morgan fingerprint density at radius 3 is 2.36 bits per heavy atom. The van der Waals surface area contributed by atoms with Gasteiger partial charge in [-0.3, -0.25) is 0 Å². The van der Waals surface area contributed by atoms with E-state index in [1.54, 1.807) is 7.05 Å². The molecule has 1 amide bonds. The van der Waals surface area contributed by atoms with Crippen molar-refractivity contribution in [1.82, 2.24) is 5.32 Å². The Morgan fingerprint density at radius 2 is 2.00 bits per heavy atom. The first kappa shape index (κ1) is 10.5. The molecule has 0 fully saturated rings. The molecular formula is C7H17NO2Si. The van der Waals surface area contributed by atoms with Gasteiger partial charge in [-0.1, -0.05) is 19.6 Å². The van der Waals surface area contributed by atoms with Gasteiger partial charge in [0.1, 0.15) is 0 Å². The number of rotatable bonds is 3. The molecule has 0 bridgehead atoms. The lowest BCUT2D eigenvalue weighted by Crippen LogP contribution is -2.25. The fraction of sp³-hybridized carbons (Fsp3) is 0.857. The second kappa shape index (κ2) is 4.38. The predicted octanol–water partition coefficient (Wildman–Crippen LogP) is 1.68. The fourth-order valence-corrected chi connectivity index (χ4v) is 1.24. The van der Waals surface area contributed by atoms with Crippen LogP contribution in [0, 0.1) is 0 Å². The summed E-state index contributed by atoms with van der Waals surface area (Å²) in [5.74, 6) is 0. The molecule has 0 aliphatic rings. The lowest BCUT2D eigenvalue weighted by atomic mass is 10.8. The van der Waals surface area contributed by atoms with Crippen molar-refractivity contribution in [3.8, 4) is 0 Å². The van der Waals surface area contributed by atoms with Gasteiger partial charge in [0.15, 0.2) is 0 Å². The highest BCUT2D eigenvalue weighted by Gasteiger charge is 2.13. The summed E-state index contributed by atoms with van der Waals surface area (Å²) >= 11 is 0. The molecule has 0 saturated carbocycles. The molecule has 0 aliphatic heterocycles. The van der Waals surface area contributed by atoms with Crippen molar-refractivity contribution >= 4 is 14.2 Å². The average molecular weight is 175 g/mol. The monoisotopic (exact) mass is 175 g/mol. The normalized spacial score (nSPS) is 10.9. The lowest BCUT2D eigenvalue weighted by Gasteiger charge is -2.14. The number of alkyl carbamates (subject to hydrolysis) is 1. The van der Waals surface area contributed by atoms with Crippen LogP contribution in [0.1, 0.15) is 0 Å². The van der Waals surface area contributed by atoms with Gasteiger partial charge in [-0.15, -0.1) is 0 Å². The van der Waals surface area contributed by atoms with E-state index in [4.69, 9.17) is 4.74 Å². The summed E-state index contributed by atoms with van der Waals surface area (Å²) in [6.07, 6.45) is -0.330. The third-order valence-corrected chi connectivity index (χ3v) is 2.99. The van der Waals surface area contributed by atoms with Crippen molar-refractivity contribution in [2.75, 3.05) is 13.7 Å². The number of hydrogen-bond donors (Lipinski definition) is 1. The molecule has 0 heterocycles. The zero-order valence-electron chi connectivity index (χ0n) is 7.73. The molecule has 0 rings (SSSR count). The van der Waals surface area contributed by atoms with Gasteiger partial charge in [0, 0.05) is 15.1 Å². The summed E-state index contributed by atoms with van der Waals surface area (Å²) < 4.78 is 4.85. The number of nitrogens with one attached hydrogen (secondary N) is 1. The largest absolute Gasteiger partial charge is 0.450 e. The smallest absolute Gasteiger partial charge is 0.406 e. The Bertz CT molecular complexity index is 131. The second-order valence-corrected chi connectivity index (χ2v) is 9.32. The third kappa shape index (κ3) is 7.38. The number of ether oxygens (including phenoxy) is 1. The minimum Gasteiger partial charge on any atom is -0.450 e. The molecule has 0 radical (unpaired) electrons. The number of carbonyl (C=O) groups is 1. The lowest BCUT2D eigenvalue weighted by molar-refractivity contribution is 0.154. The predicted molar refractivity (Wildman–Crippen MR) is 48.6 cm³/mol. The van der Waals surface area contributed by atoms with E-state index in [1.807, 2.05) is 0 Å². The number of hydrogen-bond acceptors (Lipinski definition) is 2. The molecule has 66 valence electrons. The van der Waals surface area contributed by atoms with Crippen LogP contribution in [0.3, 0.4) is 0 Å². The molecular weight excluding hydrogens is 158 g/mol. The van der Waals surface area contributed by atoms with Crippen LogP contribution in [0.25, 0.3) is 0 Å². The standard InChI is InChI=1S/C7H17NO2Si/c1-8-7(9)10-5-6-11(2,3)4/h5-6H2,1-4H3,(H,8,9). The Morgan fingerprint density at radius 1 is 1.45 bits per heavy atom. The van der Waals surface area contributed by atoms with E-state index in [0.29, 0.717) is 6.61 Å². The van der Waals surface area contributed by atoms with Gasteiger partial charge < -0.3 is 10.1 Å². The van der Waals surface area contributed by atoms with Gasteiger partial charge in [0.05, 0.1) is 6.61 Å². The molecule has 1 N–H and O–H groups in total. The summed E-state index contributed by atoms with van der Waals surface area (Å²) in [4.78, 5) is 10.6. The van der Waals surface area contributed by atoms with Crippen LogP contribution >= 0.6 is 0 Å². The van der Waals surface area contributed by atoms with Crippen molar-refractivity contribution in [3.05, 3.63) is 0 Å². The quantitative estimate of drug-likeness (QED) is 0.663. The van der Waals surface area contributed by atoms with Crippen molar-refractivity contribution in [2.45, 2.75) is 25.7 Å². The molecule has 0 aromatic carbocycles. The van der Waals surface area contributed by atoms with E-state index >= 15 is 0 Å². The maximum atomic E-state index is 10.6. The maximum absolute atomic E-state index is 10.6. The zero-order valence-corrected chi connectivity index (χ0v) is 8.73. The molecule has 11 heavy (non-hydrogen) atoms. The van der Waals surface area contributed by atoms with E-state index < -0.39 is 8.07 Å². The van der Waals surface area contributed by atoms with Crippen LogP contribution in [0.15, 0.2) is 0 Å². The summed E-state index contributed by atoms with van der Waals surface area (Å²) in [6.45, 7) is 7.30. The van der Waals surface area contributed by atoms with Crippen LogP contribution in [-0.2, 0) is 4.74 Å². The van der Waals surface area contributed by atoms with Crippen LogP contribution in [0.2, 0.25) is 25.7 Å². The SMILES string of the molecule is CNC(=O)OCC[Si](C)(C)C. The van der Waals surface area contributed by atoms with Crippen molar-refractivity contribution in [2.24, 2.45) is 0 Å². The first-order valence-electron chi connectivity index (χ1n) is 3.80. The highest BCUT2D eigenvalue weighted by atomic mass is 28.3. The van der Waals surface area contributed by atoms with E-state index in [0.717, 1.165) is 6.04 Å². The first-order valence-corrected chi connectivity index (χ1v) is 7.51. The van der Waals surface area contributed by atoms with E-state index in [1.165, 1.54) is 0 Å². The minimum atomic E-state index is -1.04. The minimum absolute atomic E-state index is 0.330. The third-order valence-electron chi connectivity index (χ3n) is 1.29. The first-order chi connectivity index (χ1) is 4.95. The highest BCUT2D eigenvalue weighted by Crippen LogP contribution is 2.07. The fourth-order valence-electron chi connectivity index (χ4n) is 0.522. The van der Waals surface area contributed by atoms with Gasteiger partial charge in [-0.05, 0) is 6.04 Å². The molecule has 0 aromatic heterocycles. The number of carbonyl (C=O) groups excluding carboxylic acids is 1. The van der Waals surface area contributed by atoms with Crippen LogP contribution in [-0.4, -0.2) is 27.8 Å². The Labute approximate surface area is 69.1 Å². The van der Waals surface area contributed by atoms with E-state index in [9.17, 15) is 4.79 Å². The molecule has 0 aromatic rings. The summed E-state index contributed by atoms with van der Waals surface area (Å²) in [5.41, 5.74) is 0. The van der Waals surface area contributed by atoms with E-state index in [2.05, 4.69) is 25.0 Å². The van der Waals surface area contributed by atoms with Gasteiger partial charge in [-0.25, -0.2) is 4.79 Å². The molecule has 0 aliphatic carbocycles. The van der Waals surface area contributed by atoms with Gasteiger partial charge in [-0.2, -0.15) is 0 Å². The summed E-state index contributed by atoms with van der Waals surface area (Å²) in [7, 11) is 0.525. The molecule has 0 unspecified atom stereocenters. The topological polar surface area (TPSA) is 38.3 Å². The molecule has 3 nitrogen and oxygen atoms in total.